The normalized spacial score (nSPS) is 26.6. The van der Waals surface area contributed by atoms with E-state index in [1.807, 2.05) is 56.5 Å². The maximum Gasteiger partial charge on any atom is 0.329 e. The van der Waals surface area contributed by atoms with Gasteiger partial charge in [-0.05, 0) is 145 Å². The Labute approximate surface area is 767 Å². The summed E-state index contributed by atoms with van der Waals surface area (Å²) in [6.07, 6.45) is 16.6. The lowest BCUT2D eigenvalue weighted by molar-refractivity contribution is -0.265. The fourth-order valence-corrected chi connectivity index (χ4v) is 17.2. The smallest absolute Gasteiger partial charge is 0.329 e. The number of nitrogen functional groups attached to an aromatic ring is 1. The van der Waals surface area contributed by atoms with E-state index in [9.17, 15) is 48.9 Å². The number of amidine groups is 1. The number of nitrogens with zero attached hydrogens (tertiary/aromatic N) is 9. The molecule has 9 N–H and O–H groups in total. The molecule has 2 saturated heterocycles. The molecule has 2 bridgehead atoms. The number of cyclic esters (lactones) is 1. The number of ether oxygens (including phenoxy) is 13. The molecule has 0 unspecified atom stereocenters. The van der Waals surface area contributed by atoms with Crippen LogP contribution in [-0.2, 0) is 110 Å². The van der Waals surface area contributed by atoms with Crippen LogP contribution >= 0.6 is 11.8 Å². The minimum atomic E-state index is -2.49. The van der Waals surface area contributed by atoms with Gasteiger partial charge in [-0.1, -0.05) is 93.3 Å². The van der Waals surface area contributed by atoms with Crippen molar-refractivity contribution in [2.45, 2.75) is 231 Å². The number of aryl methyl sites for hydroxylation is 2. The number of methoxy groups -OCH3 is 2. The predicted octanol–water partition coefficient (Wildman–Crippen LogP) is 7.20. The molecule has 1 aromatic carbocycles. The Hall–Kier alpha value is -8.06. The van der Waals surface area contributed by atoms with E-state index < -0.39 is 95.4 Å². The van der Waals surface area contributed by atoms with Crippen LogP contribution < -0.4 is 22.1 Å². The van der Waals surface area contributed by atoms with E-state index in [1.165, 1.54) is 31.1 Å². The summed E-state index contributed by atoms with van der Waals surface area (Å²) >= 11 is 1.51. The Balaban J connectivity index is 0.576. The van der Waals surface area contributed by atoms with Gasteiger partial charge in [0.1, 0.15) is 48.0 Å². The largest absolute Gasteiger partial charge is 0.459 e. The summed E-state index contributed by atoms with van der Waals surface area (Å²) in [5, 5.41) is 55.2. The molecule has 37 heteroatoms. The summed E-state index contributed by atoms with van der Waals surface area (Å²) in [5.41, 5.74) is 17.6. The van der Waals surface area contributed by atoms with E-state index in [-0.39, 0.29) is 80.3 Å². The van der Waals surface area contributed by atoms with E-state index in [2.05, 4.69) is 35.9 Å². The predicted molar refractivity (Wildman–Crippen MR) is 487 cm³/mol. The van der Waals surface area contributed by atoms with E-state index in [0.29, 0.717) is 248 Å². The molecule has 1 aliphatic carbocycles. The van der Waals surface area contributed by atoms with Gasteiger partial charge in [0.05, 0.1) is 154 Å². The number of hydrogen-bond acceptors (Lipinski definition) is 32. The summed E-state index contributed by atoms with van der Waals surface area (Å²) in [5.74, 6) is -8.12. The lowest BCUT2D eigenvalue weighted by Gasteiger charge is -2.42. The number of aromatic nitrogens is 7. The highest BCUT2D eigenvalue weighted by atomic mass is 32.2. The van der Waals surface area contributed by atoms with Crippen LogP contribution in [0.3, 0.4) is 0 Å². The molecule has 1 saturated carbocycles. The molecule has 3 aromatic heterocycles. The number of fused-ring (bicyclic) bond motifs is 4. The summed E-state index contributed by atoms with van der Waals surface area (Å²) in [4.78, 5) is 111. The molecule has 3 fully saturated rings. The number of carbonyl (C=O) groups is 7. The van der Waals surface area contributed by atoms with Crippen LogP contribution in [0.25, 0.3) is 22.3 Å². The van der Waals surface area contributed by atoms with Crippen molar-refractivity contribution in [3.8, 4) is 11.3 Å². The zero-order chi connectivity index (χ0) is 93.2. The number of nitrogens with two attached hydrogens (primary N) is 2. The first kappa shape index (κ1) is 106. The second-order valence-corrected chi connectivity index (χ2v) is 35.2. The molecule has 0 radical (unpaired) electrons. The molecule has 4 aliphatic heterocycles. The van der Waals surface area contributed by atoms with Crippen LogP contribution in [0.2, 0.25) is 0 Å². The van der Waals surface area contributed by atoms with E-state index in [1.54, 1.807) is 62.6 Å². The van der Waals surface area contributed by atoms with Crippen molar-refractivity contribution < 1.29 is 110 Å². The van der Waals surface area contributed by atoms with Gasteiger partial charge in [-0.2, -0.15) is 5.10 Å². The monoisotopic (exact) mass is 1840 g/mol. The van der Waals surface area contributed by atoms with Crippen LogP contribution in [-0.4, -0.2) is 314 Å². The molecule has 15 atom stereocenters. The first-order valence-corrected chi connectivity index (χ1v) is 47.2. The average Bonchev–Trinajstić information content (AvgIpc) is 1.63. The van der Waals surface area contributed by atoms with Crippen molar-refractivity contribution in [2.24, 2.45) is 40.3 Å². The average molecular weight is 1840 g/mol. The van der Waals surface area contributed by atoms with Crippen molar-refractivity contribution in [3.63, 3.8) is 0 Å². The summed E-state index contributed by atoms with van der Waals surface area (Å²) in [6, 6.07) is 5.05. The number of thioether (sulfide) groups is 1. The van der Waals surface area contributed by atoms with Crippen molar-refractivity contribution in [2.75, 3.05) is 158 Å². The van der Waals surface area contributed by atoms with Gasteiger partial charge in [-0.3, -0.25) is 33.8 Å². The number of anilines is 1. The lowest BCUT2D eigenvalue weighted by atomic mass is 9.80. The van der Waals surface area contributed by atoms with E-state index in [4.69, 9.17) is 78.1 Å². The summed E-state index contributed by atoms with van der Waals surface area (Å²) < 4.78 is 79.4. The van der Waals surface area contributed by atoms with Gasteiger partial charge in [0.25, 0.3) is 17.6 Å². The number of carbonyl (C=O) groups excluding carboxylic acids is 7. The zero-order valence-electron chi connectivity index (χ0n) is 77.1. The standard InChI is InChI=1S/C93H141N13O23S/c1-62-19-10-9-11-20-63(2)77(117-7)58-72-27-25-67(6)93(116,129-72)86(112)90(114)105-32-15-12-24-74(105)91(115)128-78(59-75(107)64(3)54-66(5)84(110)85(111)83(109)65(4)53-62)73(94)55-68-26-28-76(79(56-68)118-8)127-35-17-13-23-71-60-104(103-101-71)34-37-120-39-41-122-43-45-124-47-49-126-51-50-125-48-46-123-44-42-121-40-38-119-36-29-80(108)96-30-14-16-33-106-88-81(87(95)98-61-99-88)82(102-106)69-21-18-22-70(57-69)89(113)100-92-97-31-52-130-92/h9-11,18-22,54,57,60-62,64-65,67-68,72-74,76-79,84-85,110-111,116H,12-17,23-53,55-56,58-59,94H2,1-8H3,(H,96,108)(H2,95,98,99)(H,97,100,113)/b11-9+,19-10+,63-20+,66-54+/t62-,64-,65-,67-,68+,72+,73-,74+,76-,77+,78+,79-,84-,85+,93-/m1/s1. The molecule has 3 amide bonds. The molecule has 0 spiro atoms. The summed E-state index contributed by atoms with van der Waals surface area (Å²) in [7, 11) is 3.20. The Morgan fingerprint density at radius 3 is 2.10 bits per heavy atom. The number of allylic oxidation sites excluding steroid dienone is 6. The van der Waals surface area contributed by atoms with Gasteiger partial charge < -0.3 is 104 Å². The quantitative estimate of drug-likeness (QED) is 0.00995. The van der Waals surface area contributed by atoms with E-state index >= 15 is 0 Å². The topological polar surface area (TPSA) is 466 Å². The van der Waals surface area contributed by atoms with Crippen molar-refractivity contribution >= 4 is 74.8 Å². The lowest BCUT2D eigenvalue weighted by Crippen LogP contribution is -2.61. The first-order chi connectivity index (χ1) is 62.8. The third-order valence-electron chi connectivity index (χ3n) is 24.1. The molecule has 4 aromatic rings. The second kappa shape index (κ2) is 56.8. The number of esters is 1. The van der Waals surface area contributed by atoms with E-state index in [0.717, 1.165) is 34.8 Å². The molecular formula is C93H141N13O23S. The maximum absolute atomic E-state index is 14.7. The molecular weight excluding hydrogens is 1700 g/mol. The maximum atomic E-state index is 14.7. The van der Waals surface area contributed by atoms with Crippen molar-refractivity contribution in [1.82, 2.24) is 50.3 Å². The van der Waals surface area contributed by atoms with Crippen LogP contribution in [0.4, 0.5) is 5.82 Å². The number of amides is 3. The third-order valence-corrected chi connectivity index (χ3v) is 25.0. The minimum absolute atomic E-state index is 0.0249. The Morgan fingerprint density at radius 2 is 1.42 bits per heavy atom. The van der Waals surface area contributed by atoms with Gasteiger partial charge in [0.2, 0.25) is 11.7 Å². The van der Waals surface area contributed by atoms with Gasteiger partial charge in [0.15, 0.2) is 16.6 Å². The number of aliphatic hydroxyl groups excluding tert-OH is 2. The molecule has 7 heterocycles. The minimum Gasteiger partial charge on any atom is -0.459 e. The first-order valence-electron chi connectivity index (χ1n) is 46.2. The number of aliphatic imine (C=N–C) groups is 1. The molecule has 5 aliphatic rings. The van der Waals surface area contributed by atoms with Crippen LogP contribution in [0.5, 0.6) is 0 Å². The zero-order valence-corrected chi connectivity index (χ0v) is 77.9. The van der Waals surface area contributed by atoms with Gasteiger partial charge >= 0.3 is 5.97 Å². The summed E-state index contributed by atoms with van der Waals surface area (Å²) in [6.45, 7) is 19.6. The fraction of sp³-hybridized carbons (Fsp3) is 0.688. The Kier molecular flexibility index (Phi) is 46.2. The molecule has 9 rings (SSSR count). The van der Waals surface area contributed by atoms with Crippen LogP contribution in [0, 0.1) is 29.6 Å². The number of piperidine rings is 1. The van der Waals surface area contributed by atoms with Crippen LogP contribution in [0.1, 0.15) is 167 Å². The number of ketones is 3. The third kappa shape index (κ3) is 34.1. The van der Waals surface area contributed by atoms with Gasteiger partial charge in [0, 0.05) is 107 Å². The molecule has 722 valence electrons. The second-order valence-electron chi connectivity index (χ2n) is 34.1. The highest BCUT2D eigenvalue weighted by Crippen LogP contribution is 2.39. The number of aliphatic hydroxyl groups is 3. The number of hydrogen-bond donors (Lipinski definition) is 7. The highest BCUT2D eigenvalue weighted by molar-refractivity contribution is 8.14. The number of unbranched alkanes of at least 4 members (excludes halogenated alkanes) is 2. The number of Topliss-reactive ketones (excluding diaryl/α,β-unsaturated/α-hetero) is 3. The van der Waals surface area contributed by atoms with Crippen molar-refractivity contribution in [3.05, 3.63) is 95.6 Å². The molecule has 130 heavy (non-hydrogen) atoms. The van der Waals surface area contributed by atoms with Crippen LogP contribution in [0.15, 0.2) is 89.4 Å². The van der Waals surface area contributed by atoms with Gasteiger partial charge in [-0.15, -0.1) is 5.10 Å². The fourth-order valence-electron chi connectivity index (χ4n) is 16.5. The SMILES string of the molecule is CO[C@H]1C[C@@H]2CC[C@@H](C)[C@@](O)(O2)C(=O)C(=O)N2CCCC[C@H]2C(=O)O[C@H]([C@H](N)C[C@@H]2CC[C@@H](OCCCCc3cn(CCOCCOCCOCCOCCOCCOCCOCCOCCC(=O)NCCCCn4nc(-c5cccc(C(=O)NC6=NCCS6)c5)c5c(N)ncnc54)nn3)[C@H](OC)C2)CC(=O)[C@H](C)/C=C(\C)[C@@H](O)[C@@H](O)C(=O)[C@H](C)C[C@H](C)/C=C/C=C/C=C/1C. The Bertz CT molecular complexity index is 4340. The number of nitrogens with one attached hydrogen (secondary N) is 2. The molecule has 36 nitrogen and oxygen atoms in total. The van der Waals surface area contributed by atoms with Crippen molar-refractivity contribution in [1.29, 1.82) is 0 Å². The van der Waals surface area contributed by atoms with Gasteiger partial charge in [-0.25, -0.2) is 24.1 Å². The number of benzene rings is 1. The number of rotatable bonds is 45. The highest BCUT2D eigenvalue weighted by Gasteiger charge is 2.53. The Morgan fingerprint density at radius 1 is 0.731 bits per heavy atom.